The average molecular weight is 397 g/mol. The number of hydrogen-bond donors (Lipinski definition) is 1. The number of para-hydroxylation sites is 1. The molecule has 7 nitrogen and oxygen atoms in total. The molecule has 1 amide bonds. The van der Waals surface area contributed by atoms with Gasteiger partial charge in [0, 0.05) is 29.8 Å². The summed E-state index contributed by atoms with van der Waals surface area (Å²) in [5.74, 6) is 0.0795. The molecule has 1 heterocycles. The van der Waals surface area contributed by atoms with E-state index in [1.807, 2.05) is 18.2 Å². The molecule has 1 N–H and O–H groups in total. The van der Waals surface area contributed by atoms with Crippen molar-refractivity contribution in [1.82, 2.24) is 15.1 Å². The number of nitrogens with zero attached hydrogens (tertiary/aromatic N) is 2. The first-order valence-electron chi connectivity index (χ1n) is 8.82. The number of carbonyl (C=O) groups excluding carboxylic acids is 1. The molecule has 0 spiro atoms. The zero-order chi connectivity index (χ0) is 20.8. The molecule has 0 saturated carbocycles. The minimum Gasteiger partial charge on any atom is -0.497 e. The maximum absolute atomic E-state index is 14.3. The first-order chi connectivity index (χ1) is 14.0. The van der Waals surface area contributed by atoms with Gasteiger partial charge in [0.15, 0.2) is 0 Å². The summed E-state index contributed by atoms with van der Waals surface area (Å²) >= 11 is 0. The van der Waals surface area contributed by atoms with Crippen LogP contribution in [0.2, 0.25) is 0 Å². The fraction of sp³-hybridized carbons (Fsp3) is 0.190. The van der Waals surface area contributed by atoms with E-state index in [-0.39, 0.29) is 24.3 Å². The van der Waals surface area contributed by atoms with E-state index in [0.29, 0.717) is 11.5 Å². The first kappa shape index (κ1) is 20.1. The smallest absolute Gasteiger partial charge is 0.267 e. The Balaban J connectivity index is 1.75. The summed E-state index contributed by atoms with van der Waals surface area (Å²) in [6.45, 7) is -0.0516. The Morgan fingerprint density at radius 1 is 1.10 bits per heavy atom. The highest BCUT2D eigenvalue weighted by molar-refractivity contribution is 5.75. The number of amides is 1. The molecule has 150 valence electrons. The maximum Gasteiger partial charge on any atom is 0.267 e. The molecule has 0 aliphatic carbocycles. The molecule has 0 saturated heterocycles. The number of hydrogen-bond acceptors (Lipinski definition) is 5. The lowest BCUT2D eigenvalue weighted by Gasteiger charge is -2.11. The molecule has 3 aromatic rings. The van der Waals surface area contributed by atoms with Crippen LogP contribution < -0.4 is 20.3 Å². The predicted octanol–water partition coefficient (Wildman–Crippen LogP) is 2.38. The molecular weight excluding hydrogens is 377 g/mol. The Morgan fingerprint density at radius 3 is 2.62 bits per heavy atom. The number of ether oxygens (including phenoxy) is 2. The van der Waals surface area contributed by atoms with Gasteiger partial charge >= 0.3 is 0 Å². The zero-order valence-electron chi connectivity index (χ0n) is 16.0. The van der Waals surface area contributed by atoms with Gasteiger partial charge in [-0.2, -0.15) is 5.10 Å². The van der Waals surface area contributed by atoms with Gasteiger partial charge in [-0.25, -0.2) is 9.07 Å². The number of benzene rings is 2. The lowest BCUT2D eigenvalue weighted by Crippen LogP contribution is -2.33. The van der Waals surface area contributed by atoms with Crippen molar-refractivity contribution >= 4 is 5.91 Å². The van der Waals surface area contributed by atoms with Crippen molar-refractivity contribution in [1.29, 1.82) is 0 Å². The fourth-order valence-corrected chi connectivity index (χ4v) is 2.77. The van der Waals surface area contributed by atoms with E-state index in [4.69, 9.17) is 9.47 Å². The molecule has 0 unspecified atom stereocenters. The van der Waals surface area contributed by atoms with Crippen molar-refractivity contribution in [3.8, 4) is 22.8 Å². The second-order valence-corrected chi connectivity index (χ2v) is 6.15. The predicted molar refractivity (Wildman–Crippen MR) is 105 cm³/mol. The Labute approximate surface area is 166 Å². The van der Waals surface area contributed by atoms with Crippen LogP contribution in [0.1, 0.15) is 5.56 Å². The van der Waals surface area contributed by atoms with Crippen LogP contribution in [0.3, 0.4) is 0 Å². The molecule has 29 heavy (non-hydrogen) atoms. The average Bonchev–Trinajstić information content (AvgIpc) is 2.74. The molecule has 1 aromatic heterocycles. The molecule has 0 aliphatic heterocycles. The van der Waals surface area contributed by atoms with Crippen molar-refractivity contribution in [3.05, 3.63) is 76.3 Å². The summed E-state index contributed by atoms with van der Waals surface area (Å²) < 4.78 is 25.5. The van der Waals surface area contributed by atoms with E-state index in [0.717, 1.165) is 10.2 Å². The highest BCUT2D eigenvalue weighted by atomic mass is 19.1. The Bertz CT molecular complexity index is 1080. The third kappa shape index (κ3) is 4.78. The molecular formula is C21H20FN3O4. The van der Waals surface area contributed by atoms with Crippen LogP contribution in [0, 0.1) is 5.82 Å². The molecule has 0 atom stereocenters. The highest BCUT2D eigenvalue weighted by Crippen LogP contribution is 2.24. The second-order valence-electron chi connectivity index (χ2n) is 6.15. The summed E-state index contributed by atoms with van der Waals surface area (Å²) in [5, 5.41) is 6.85. The minimum atomic E-state index is -0.539. The summed E-state index contributed by atoms with van der Waals surface area (Å²) in [6, 6.07) is 14.3. The van der Waals surface area contributed by atoms with Crippen LogP contribution in [-0.2, 0) is 17.9 Å². The van der Waals surface area contributed by atoms with Crippen LogP contribution in [0.15, 0.2) is 59.4 Å². The van der Waals surface area contributed by atoms with Crippen LogP contribution in [-0.4, -0.2) is 29.9 Å². The Kier molecular flexibility index (Phi) is 6.23. The molecule has 3 rings (SSSR count). The van der Waals surface area contributed by atoms with E-state index in [1.165, 1.54) is 31.4 Å². The molecule has 0 bridgehead atoms. The van der Waals surface area contributed by atoms with Crippen molar-refractivity contribution in [2.24, 2.45) is 0 Å². The first-order valence-corrected chi connectivity index (χ1v) is 8.82. The van der Waals surface area contributed by atoms with Crippen molar-refractivity contribution in [3.63, 3.8) is 0 Å². The normalized spacial score (nSPS) is 10.4. The Morgan fingerprint density at radius 2 is 1.90 bits per heavy atom. The molecule has 2 aromatic carbocycles. The van der Waals surface area contributed by atoms with Gasteiger partial charge in [0.05, 0.1) is 19.9 Å². The van der Waals surface area contributed by atoms with E-state index in [9.17, 15) is 14.0 Å². The van der Waals surface area contributed by atoms with Gasteiger partial charge in [0.1, 0.15) is 23.9 Å². The molecule has 0 fully saturated rings. The molecule has 0 aliphatic rings. The lowest BCUT2D eigenvalue weighted by molar-refractivity contribution is -0.122. The van der Waals surface area contributed by atoms with Crippen LogP contribution in [0.4, 0.5) is 4.39 Å². The van der Waals surface area contributed by atoms with Crippen LogP contribution in [0.5, 0.6) is 11.5 Å². The SMILES string of the molecule is COc1ccc(-c2ccc(=O)n(CC(=O)NCc3ccccc3OC)n2)c(F)c1. The van der Waals surface area contributed by atoms with Crippen LogP contribution >= 0.6 is 0 Å². The van der Waals surface area contributed by atoms with Crippen molar-refractivity contribution < 1.29 is 18.7 Å². The summed E-state index contributed by atoms with van der Waals surface area (Å²) in [5.41, 5.74) is 0.782. The summed E-state index contributed by atoms with van der Waals surface area (Å²) in [4.78, 5) is 24.4. The minimum absolute atomic E-state index is 0.203. The van der Waals surface area contributed by atoms with E-state index < -0.39 is 17.3 Å². The van der Waals surface area contributed by atoms with Gasteiger partial charge in [-0.1, -0.05) is 18.2 Å². The monoisotopic (exact) mass is 397 g/mol. The highest BCUT2D eigenvalue weighted by Gasteiger charge is 2.12. The van der Waals surface area contributed by atoms with Gasteiger partial charge in [-0.3, -0.25) is 9.59 Å². The van der Waals surface area contributed by atoms with E-state index in [2.05, 4.69) is 10.4 Å². The third-order valence-electron chi connectivity index (χ3n) is 4.28. The number of methoxy groups -OCH3 is 2. The number of halogens is 1. The third-order valence-corrected chi connectivity index (χ3v) is 4.28. The zero-order valence-corrected chi connectivity index (χ0v) is 16.0. The number of nitrogens with one attached hydrogen (secondary N) is 1. The maximum atomic E-state index is 14.3. The second kappa shape index (κ2) is 9.01. The van der Waals surface area contributed by atoms with E-state index >= 15 is 0 Å². The van der Waals surface area contributed by atoms with Crippen molar-refractivity contribution in [2.45, 2.75) is 13.1 Å². The summed E-state index contributed by atoms with van der Waals surface area (Å²) in [6.07, 6.45) is 0. The van der Waals surface area contributed by atoms with Gasteiger partial charge in [0.25, 0.3) is 5.56 Å². The number of carbonyl (C=O) groups is 1. The van der Waals surface area contributed by atoms with Gasteiger partial charge in [-0.05, 0) is 24.3 Å². The number of rotatable bonds is 7. The lowest BCUT2D eigenvalue weighted by atomic mass is 10.1. The topological polar surface area (TPSA) is 82.5 Å². The van der Waals surface area contributed by atoms with Crippen LogP contribution in [0.25, 0.3) is 11.3 Å². The van der Waals surface area contributed by atoms with E-state index in [1.54, 1.807) is 19.2 Å². The van der Waals surface area contributed by atoms with Gasteiger partial charge < -0.3 is 14.8 Å². The fourth-order valence-electron chi connectivity index (χ4n) is 2.77. The quantitative estimate of drug-likeness (QED) is 0.662. The summed E-state index contributed by atoms with van der Waals surface area (Å²) in [7, 11) is 2.99. The number of aromatic nitrogens is 2. The Hall–Kier alpha value is -3.68. The van der Waals surface area contributed by atoms with Crippen molar-refractivity contribution in [2.75, 3.05) is 14.2 Å². The van der Waals surface area contributed by atoms with Gasteiger partial charge in [0.2, 0.25) is 5.91 Å². The molecule has 0 radical (unpaired) electrons. The van der Waals surface area contributed by atoms with Gasteiger partial charge in [-0.15, -0.1) is 0 Å². The molecule has 8 heteroatoms. The largest absolute Gasteiger partial charge is 0.497 e. The standard InChI is InChI=1S/C21H20FN3O4/c1-28-15-7-8-16(17(22)11-15)18-9-10-21(27)25(24-18)13-20(26)23-12-14-5-3-4-6-19(14)29-2/h3-11H,12-13H2,1-2H3,(H,23,26).